The fourth-order valence-electron chi connectivity index (χ4n) is 4.33. The molecule has 36 heavy (non-hydrogen) atoms. The Morgan fingerprint density at radius 3 is 2.50 bits per heavy atom. The Morgan fingerprint density at radius 1 is 0.972 bits per heavy atom. The number of nitrogens with zero attached hydrogens (tertiary/aromatic N) is 4. The van der Waals surface area contributed by atoms with Crippen molar-refractivity contribution in [3.8, 4) is 5.75 Å². The summed E-state index contributed by atoms with van der Waals surface area (Å²) < 4.78 is 8.95. The van der Waals surface area contributed by atoms with Gasteiger partial charge < -0.3 is 4.74 Å². The quantitative estimate of drug-likeness (QED) is 0.210. The molecule has 7 nitrogen and oxygen atoms in total. The summed E-state index contributed by atoms with van der Waals surface area (Å²) in [6.07, 6.45) is 2.07. The minimum absolute atomic E-state index is 0.0199. The molecule has 5 rings (SSSR count). The van der Waals surface area contributed by atoms with E-state index < -0.39 is 0 Å². The predicted octanol–water partition coefficient (Wildman–Crippen LogP) is 5.03. The summed E-state index contributed by atoms with van der Waals surface area (Å²) >= 11 is 1.32. The first kappa shape index (κ1) is 23.8. The average Bonchev–Trinajstić information content (AvgIpc) is 3.34. The van der Waals surface area contributed by atoms with Crippen LogP contribution < -0.4 is 10.3 Å². The molecule has 3 aromatic carbocycles. The van der Waals surface area contributed by atoms with Gasteiger partial charge in [-0.2, -0.15) is 0 Å². The van der Waals surface area contributed by atoms with Gasteiger partial charge in [0.05, 0.1) is 30.3 Å². The van der Waals surface area contributed by atoms with E-state index in [0.717, 1.165) is 18.4 Å². The largest absolute Gasteiger partial charge is 0.496 e. The van der Waals surface area contributed by atoms with Crippen LogP contribution in [-0.2, 0) is 13.0 Å². The summed E-state index contributed by atoms with van der Waals surface area (Å²) in [7, 11) is 1.61. The first-order valence-electron chi connectivity index (χ1n) is 11.8. The number of carbonyl (C=O) groups is 1. The van der Waals surface area contributed by atoms with E-state index in [9.17, 15) is 9.59 Å². The number of para-hydroxylation sites is 2. The number of ether oxygens (including phenoxy) is 1. The number of thioether (sulfide) groups is 1. The van der Waals surface area contributed by atoms with Crippen molar-refractivity contribution >= 4 is 34.2 Å². The Kier molecular flexibility index (Phi) is 6.86. The van der Waals surface area contributed by atoms with Gasteiger partial charge in [-0.25, -0.2) is 0 Å². The lowest BCUT2D eigenvalue weighted by molar-refractivity contribution is 0.102. The van der Waals surface area contributed by atoms with Crippen LogP contribution in [0.2, 0.25) is 0 Å². The van der Waals surface area contributed by atoms with E-state index in [1.807, 2.05) is 71.1 Å². The van der Waals surface area contributed by atoms with Crippen LogP contribution in [0.1, 0.15) is 34.8 Å². The van der Waals surface area contributed by atoms with Crippen LogP contribution >= 0.6 is 11.8 Å². The number of Topliss-reactive ketones (excluding diaryl/α,β-unsaturated/α-hetero) is 1. The smallest absolute Gasteiger partial charge is 0.263 e. The topological polar surface area (TPSA) is 78.5 Å². The third kappa shape index (κ3) is 4.52. The normalized spacial score (nSPS) is 11.3. The molecule has 5 aromatic rings. The van der Waals surface area contributed by atoms with Crippen LogP contribution in [0.5, 0.6) is 5.75 Å². The average molecular weight is 499 g/mol. The fourth-order valence-corrected chi connectivity index (χ4v) is 5.17. The zero-order valence-corrected chi connectivity index (χ0v) is 21.0. The van der Waals surface area contributed by atoms with E-state index in [1.54, 1.807) is 17.7 Å². The molecule has 0 aliphatic carbocycles. The zero-order chi connectivity index (χ0) is 25.1. The second-order valence-electron chi connectivity index (χ2n) is 8.50. The third-order valence-corrected chi connectivity index (χ3v) is 7.08. The van der Waals surface area contributed by atoms with Crippen LogP contribution in [0.25, 0.3) is 16.7 Å². The molecule has 0 unspecified atom stereocenters. The van der Waals surface area contributed by atoms with E-state index >= 15 is 0 Å². The SMILES string of the molecule is CCCc1ccc(C(=O)CSc2nnc3n(Cc4ccccc4OC)c(=O)c4ccccc4n23)cc1. The molecule has 182 valence electrons. The number of hydrogen-bond donors (Lipinski definition) is 0. The highest BCUT2D eigenvalue weighted by atomic mass is 32.2. The van der Waals surface area contributed by atoms with Gasteiger partial charge in [0.15, 0.2) is 10.9 Å². The molecule has 0 saturated heterocycles. The van der Waals surface area contributed by atoms with Crippen molar-refractivity contribution < 1.29 is 9.53 Å². The minimum Gasteiger partial charge on any atom is -0.496 e. The Hall–Kier alpha value is -3.91. The van der Waals surface area contributed by atoms with Gasteiger partial charge in [-0.15, -0.1) is 10.2 Å². The fraction of sp³-hybridized carbons (Fsp3) is 0.214. The molecule has 0 bridgehead atoms. The third-order valence-electron chi connectivity index (χ3n) is 6.15. The number of hydrogen-bond acceptors (Lipinski definition) is 6. The molecule has 0 amide bonds. The standard InChI is InChI=1S/C28H26N4O3S/c1-3-8-19-13-15-20(16-14-19)24(33)18-36-28-30-29-27-31(17-21-9-4-7-12-25(21)35-2)26(34)22-10-5-6-11-23(22)32(27)28/h4-7,9-16H,3,8,17-18H2,1-2H3. The second-order valence-corrected chi connectivity index (χ2v) is 9.44. The first-order chi connectivity index (χ1) is 17.6. The van der Waals surface area contributed by atoms with Gasteiger partial charge >= 0.3 is 0 Å². The first-order valence-corrected chi connectivity index (χ1v) is 12.8. The summed E-state index contributed by atoms with van der Waals surface area (Å²) in [6, 6.07) is 22.8. The molecule has 0 aliphatic rings. The highest BCUT2D eigenvalue weighted by Crippen LogP contribution is 2.24. The Labute approximate surface area is 212 Å². The van der Waals surface area contributed by atoms with Gasteiger partial charge in [0.1, 0.15) is 5.75 Å². The van der Waals surface area contributed by atoms with Crippen LogP contribution in [0.4, 0.5) is 0 Å². The zero-order valence-electron chi connectivity index (χ0n) is 20.2. The summed E-state index contributed by atoms with van der Waals surface area (Å²) in [4.78, 5) is 26.4. The molecular formula is C28H26N4O3S. The van der Waals surface area contributed by atoms with Crippen molar-refractivity contribution in [2.75, 3.05) is 12.9 Å². The van der Waals surface area contributed by atoms with Gasteiger partial charge in [0, 0.05) is 11.1 Å². The maximum absolute atomic E-state index is 13.5. The minimum atomic E-state index is -0.156. The Bertz CT molecular complexity index is 1610. The molecule has 0 radical (unpaired) electrons. The molecule has 0 N–H and O–H groups in total. The van der Waals surface area contributed by atoms with E-state index in [0.29, 0.717) is 33.1 Å². The summed E-state index contributed by atoms with van der Waals surface area (Å²) in [6.45, 7) is 2.42. The number of carbonyl (C=O) groups excluding carboxylic acids is 1. The molecule has 0 fully saturated rings. The lowest BCUT2D eigenvalue weighted by Gasteiger charge is -2.13. The van der Waals surface area contributed by atoms with Crippen molar-refractivity contribution in [1.82, 2.24) is 19.2 Å². The van der Waals surface area contributed by atoms with Crippen molar-refractivity contribution in [3.63, 3.8) is 0 Å². The lowest BCUT2D eigenvalue weighted by atomic mass is 10.1. The maximum atomic E-state index is 13.5. The van der Waals surface area contributed by atoms with Gasteiger partial charge in [0.25, 0.3) is 5.56 Å². The van der Waals surface area contributed by atoms with Crippen LogP contribution in [0.15, 0.2) is 82.7 Å². The van der Waals surface area contributed by atoms with Crippen molar-refractivity contribution in [2.45, 2.75) is 31.5 Å². The van der Waals surface area contributed by atoms with E-state index in [1.165, 1.54) is 17.3 Å². The molecular weight excluding hydrogens is 472 g/mol. The Morgan fingerprint density at radius 2 is 1.72 bits per heavy atom. The molecule has 0 aliphatic heterocycles. The molecule has 2 aromatic heterocycles. The van der Waals surface area contributed by atoms with Crippen molar-refractivity contribution in [3.05, 3.63) is 99.8 Å². The molecule has 0 saturated carbocycles. The van der Waals surface area contributed by atoms with E-state index in [2.05, 4.69) is 17.1 Å². The number of ketones is 1. The summed E-state index contributed by atoms with van der Waals surface area (Å²) in [5.41, 5.74) is 3.31. The number of aryl methyl sites for hydroxylation is 1. The van der Waals surface area contributed by atoms with E-state index in [4.69, 9.17) is 4.74 Å². The van der Waals surface area contributed by atoms with Crippen molar-refractivity contribution in [2.24, 2.45) is 0 Å². The Balaban J connectivity index is 1.52. The number of methoxy groups -OCH3 is 1. The van der Waals surface area contributed by atoms with Gasteiger partial charge in [0.2, 0.25) is 5.78 Å². The highest BCUT2D eigenvalue weighted by Gasteiger charge is 2.19. The predicted molar refractivity (Wildman–Crippen MR) is 142 cm³/mol. The monoisotopic (exact) mass is 498 g/mol. The number of fused-ring (bicyclic) bond motifs is 3. The molecule has 8 heteroatoms. The van der Waals surface area contributed by atoms with Crippen LogP contribution in [0, 0.1) is 0 Å². The number of benzene rings is 3. The van der Waals surface area contributed by atoms with Gasteiger partial charge in [-0.05, 0) is 30.2 Å². The summed E-state index contributed by atoms with van der Waals surface area (Å²) in [5, 5.41) is 9.85. The number of aromatic nitrogens is 4. The van der Waals surface area contributed by atoms with Crippen LogP contribution in [-0.4, -0.2) is 37.8 Å². The second kappa shape index (κ2) is 10.4. The molecule has 0 spiro atoms. The molecule has 2 heterocycles. The van der Waals surface area contributed by atoms with Crippen LogP contribution in [0.3, 0.4) is 0 Å². The number of rotatable bonds is 9. The maximum Gasteiger partial charge on any atom is 0.263 e. The molecule has 0 atom stereocenters. The van der Waals surface area contributed by atoms with Gasteiger partial charge in [-0.1, -0.05) is 79.7 Å². The van der Waals surface area contributed by atoms with Gasteiger partial charge in [-0.3, -0.25) is 18.6 Å². The summed E-state index contributed by atoms with van der Waals surface area (Å²) in [5.74, 6) is 1.35. The lowest BCUT2D eigenvalue weighted by Crippen LogP contribution is -2.24. The highest BCUT2D eigenvalue weighted by molar-refractivity contribution is 7.99. The van der Waals surface area contributed by atoms with Crippen molar-refractivity contribution in [1.29, 1.82) is 0 Å². The van der Waals surface area contributed by atoms with E-state index in [-0.39, 0.29) is 23.6 Å².